The molecule has 1 heterocycles. The van der Waals surface area contributed by atoms with Crippen LogP contribution in [0.15, 0.2) is 30.5 Å². The number of imidazole rings is 1. The average molecular weight is 304 g/mol. The second kappa shape index (κ2) is 6.59. The van der Waals surface area contributed by atoms with Crippen molar-refractivity contribution in [1.82, 2.24) is 9.55 Å². The van der Waals surface area contributed by atoms with E-state index in [0.717, 1.165) is 6.20 Å². The van der Waals surface area contributed by atoms with Crippen molar-refractivity contribution >= 4 is 23.7 Å². The van der Waals surface area contributed by atoms with Crippen LogP contribution in [-0.2, 0) is 6.54 Å². The molecule has 0 fully saturated rings. The molecule has 0 aliphatic carbocycles. The Hall–Kier alpha value is -3.07. The van der Waals surface area contributed by atoms with E-state index in [0.29, 0.717) is 11.4 Å². The summed E-state index contributed by atoms with van der Waals surface area (Å²) in [6, 6.07) is 5.84. The molecule has 0 amide bonds. The summed E-state index contributed by atoms with van der Waals surface area (Å²) in [5, 5.41) is 30.4. The summed E-state index contributed by atoms with van der Waals surface area (Å²) in [6.45, 7) is -0.203. The van der Waals surface area contributed by atoms with E-state index < -0.39 is 9.85 Å². The zero-order valence-corrected chi connectivity index (χ0v) is 11.3. The fraction of sp³-hybridized carbons (Fsp3) is 0.154. The highest BCUT2D eigenvalue weighted by molar-refractivity contribution is 5.67. The molecule has 1 aromatic heterocycles. The van der Waals surface area contributed by atoms with Crippen molar-refractivity contribution in [3.8, 4) is 0 Å². The SMILES string of the molecule is O=[N+]([O-])c1ccc(/C=C/c2ncc([N+](=O)[O-])n2CCO)cc1. The van der Waals surface area contributed by atoms with Crippen molar-refractivity contribution in [1.29, 1.82) is 0 Å². The molecule has 0 radical (unpaired) electrons. The Labute approximate surface area is 124 Å². The van der Waals surface area contributed by atoms with Gasteiger partial charge in [-0.05, 0) is 28.7 Å². The number of aliphatic hydroxyl groups is 1. The smallest absolute Gasteiger partial charge is 0.343 e. The van der Waals surface area contributed by atoms with Gasteiger partial charge in [-0.3, -0.25) is 10.1 Å². The number of rotatable bonds is 6. The molecule has 0 unspecified atom stereocenters. The van der Waals surface area contributed by atoms with E-state index in [1.165, 1.54) is 16.7 Å². The van der Waals surface area contributed by atoms with Crippen LogP contribution in [0.5, 0.6) is 0 Å². The van der Waals surface area contributed by atoms with Crippen LogP contribution < -0.4 is 0 Å². The first-order valence-electron chi connectivity index (χ1n) is 6.26. The third-order valence-electron chi connectivity index (χ3n) is 2.90. The van der Waals surface area contributed by atoms with Crippen molar-refractivity contribution in [3.05, 3.63) is 62.1 Å². The van der Waals surface area contributed by atoms with Crippen LogP contribution in [0.25, 0.3) is 12.2 Å². The maximum atomic E-state index is 10.9. The summed E-state index contributed by atoms with van der Waals surface area (Å²) >= 11 is 0. The first-order valence-corrected chi connectivity index (χ1v) is 6.26. The van der Waals surface area contributed by atoms with Crippen LogP contribution in [0.4, 0.5) is 11.5 Å². The number of hydrogen-bond donors (Lipinski definition) is 1. The highest BCUT2D eigenvalue weighted by atomic mass is 16.6. The van der Waals surface area contributed by atoms with E-state index >= 15 is 0 Å². The van der Waals surface area contributed by atoms with Gasteiger partial charge in [-0.15, -0.1) is 0 Å². The molecule has 0 atom stereocenters. The number of hydrogen-bond acceptors (Lipinski definition) is 6. The highest BCUT2D eigenvalue weighted by Crippen LogP contribution is 2.17. The van der Waals surface area contributed by atoms with E-state index in [2.05, 4.69) is 4.98 Å². The van der Waals surface area contributed by atoms with Gasteiger partial charge in [0.15, 0.2) is 0 Å². The Bertz CT molecular complexity index is 721. The lowest BCUT2D eigenvalue weighted by atomic mass is 10.2. The van der Waals surface area contributed by atoms with E-state index in [1.54, 1.807) is 24.3 Å². The standard InChI is InChI=1S/C13H12N4O5/c18-8-7-15-12(14-9-13(15)17(21)22)6-3-10-1-4-11(5-2-10)16(19)20/h1-6,9,18H,7-8H2/b6-3+. The quantitative estimate of drug-likeness (QED) is 0.641. The molecule has 0 saturated heterocycles. The minimum absolute atomic E-state index is 0.0189. The van der Waals surface area contributed by atoms with Gasteiger partial charge in [-0.25, -0.2) is 9.55 Å². The number of benzene rings is 1. The molecule has 2 aromatic rings. The molecule has 9 nitrogen and oxygen atoms in total. The number of aromatic nitrogens is 2. The van der Waals surface area contributed by atoms with Crippen LogP contribution in [-0.4, -0.2) is 31.1 Å². The van der Waals surface area contributed by atoms with Crippen LogP contribution in [0.2, 0.25) is 0 Å². The summed E-state index contributed by atoms with van der Waals surface area (Å²) in [7, 11) is 0. The van der Waals surface area contributed by atoms with Gasteiger partial charge in [0.25, 0.3) is 5.69 Å². The first kappa shape index (κ1) is 15.3. The number of nitro benzene ring substituents is 1. The molecule has 0 spiro atoms. The van der Waals surface area contributed by atoms with Crippen molar-refractivity contribution in [2.75, 3.05) is 6.61 Å². The van der Waals surface area contributed by atoms with Crippen LogP contribution >= 0.6 is 0 Å². The maximum absolute atomic E-state index is 10.9. The van der Waals surface area contributed by atoms with Crippen molar-refractivity contribution in [3.63, 3.8) is 0 Å². The first-order chi connectivity index (χ1) is 10.5. The molecule has 0 aliphatic rings. The second-order valence-corrected chi connectivity index (χ2v) is 4.29. The Morgan fingerprint density at radius 3 is 2.36 bits per heavy atom. The van der Waals surface area contributed by atoms with Gasteiger partial charge >= 0.3 is 5.82 Å². The van der Waals surface area contributed by atoms with Crippen molar-refractivity contribution < 1.29 is 15.0 Å². The minimum Gasteiger partial charge on any atom is -0.392 e. The van der Waals surface area contributed by atoms with Gasteiger partial charge in [0, 0.05) is 18.2 Å². The second-order valence-electron chi connectivity index (χ2n) is 4.29. The highest BCUT2D eigenvalue weighted by Gasteiger charge is 2.17. The van der Waals surface area contributed by atoms with Crippen molar-refractivity contribution in [2.45, 2.75) is 6.54 Å². The topological polar surface area (TPSA) is 124 Å². The maximum Gasteiger partial charge on any atom is 0.343 e. The Morgan fingerprint density at radius 1 is 1.14 bits per heavy atom. The van der Waals surface area contributed by atoms with Gasteiger partial charge in [0.1, 0.15) is 12.7 Å². The van der Waals surface area contributed by atoms with E-state index in [1.807, 2.05) is 0 Å². The molecule has 114 valence electrons. The molecule has 0 bridgehead atoms. The summed E-state index contributed by atoms with van der Waals surface area (Å²) in [5.41, 5.74) is 0.668. The molecule has 22 heavy (non-hydrogen) atoms. The van der Waals surface area contributed by atoms with Gasteiger partial charge in [0.2, 0.25) is 5.82 Å². The van der Waals surface area contributed by atoms with Crippen molar-refractivity contribution in [2.24, 2.45) is 0 Å². The van der Waals surface area contributed by atoms with Crippen LogP contribution in [0.1, 0.15) is 11.4 Å². The lowest BCUT2D eigenvalue weighted by Gasteiger charge is -2.00. The molecule has 2 rings (SSSR count). The predicted molar refractivity (Wildman–Crippen MR) is 78.0 cm³/mol. The third-order valence-corrected chi connectivity index (χ3v) is 2.90. The monoisotopic (exact) mass is 304 g/mol. The molecular formula is C13H12N4O5. The number of non-ortho nitro benzene ring substituents is 1. The van der Waals surface area contributed by atoms with E-state index in [-0.39, 0.29) is 24.7 Å². The van der Waals surface area contributed by atoms with Gasteiger partial charge in [0.05, 0.1) is 11.5 Å². The number of aliphatic hydroxyl groups excluding tert-OH is 1. The third kappa shape index (κ3) is 3.33. The van der Waals surface area contributed by atoms with Crippen LogP contribution in [0, 0.1) is 20.2 Å². The molecule has 1 aromatic carbocycles. The van der Waals surface area contributed by atoms with E-state index in [9.17, 15) is 20.2 Å². The predicted octanol–water partition coefficient (Wildman–Crippen LogP) is 1.86. The summed E-state index contributed by atoms with van der Waals surface area (Å²) in [5.74, 6) is 0.108. The zero-order chi connectivity index (χ0) is 16.1. The summed E-state index contributed by atoms with van der Waals surface area (Å²) in [6.07, 6.45) is 4.29. The fourth-order valence-electron chi connectivity index (χ4n) is 1.87. The van der Waals surface area contributed by atoms with E-state index in [4.69, 9.17) is 5.11 Å². The van der Waals surface area contributed by atoms with Gasteiger partial charge in [-0.2, -0.15) is 0 Å². The Balaban J connectivity index is 2.26. The molecule has 1 N–H and O–H groups in total. The largest absolute Gasteiger partial charge is 0.392 e. The Kier molecular flexibility index (Phi) is 4.59. The van der Waals surface area contributed by atoms with Gasteiger partial charge in [-0.1, -0.05) is 0 Å². The van der Waals surface area contributed by atoms with Crippen LogP contribution in [0.3, 0.4) is 0 Å². The fourth-order valence-corrected chi connectivity index (χ4v) is 1.87. The molecule has 9 heteroatoms. The molecule has 0 saturated carbocycles. The average Bonchev–Trinajstić information content (AvgIpc) is 2.89. The summed E-state index contributed by atoms with van der Waals surface area (Å²) < 4.78 is 1.28. The lowest BCUT2D eigenvalue weighted by Crippen LogP contribution is -2.07. The molecular weight excluding hydrogens is 292 g/mol. The molecule has 0 aliphatic heterocycles. The number of nitro groups is 2. The normalized spacial score (nSPS) is 11.0. The van der Waals surface area contributed by atoms with Gasteiger partial charge < -0.3 is 15.2 Å². The number of nitrogens with zero attached hydrogens (tertiary/aromatic N) is 4. The lowest BCUT2D eigenvalue weighted by molar-refractivity contribution is -0.392. The Morgan fingerprint density at radius 2 is 1.82 bits per heavy atom. The zero-order valence-electron chi connectivity index (χ0n) is 11.3. The minimum atomic E-state index is -0.578. The summed E-state index contributed by atoms with van der Waals surface area (Å²) in [4.78, 5) is 24.3.